The summed E-state index contributed by atoms with van der Waals surface area (Å²) in [6.45, 7) is 2.19. The van der Waals surface area contributed by atoms with Crippen LogP contribution in [0.4, 0.5) is 0 Å². The van der Waals surface area contributed by atoms with Gasteiger partial charge in [-0.1, -0.05) is 0 Å². The highest BCUT2D eigenvalue weighted by Gasteiger charge is 2.54. The van der Waals surface area contributed by atoms with Gasteiger partial charge in [0.25, 0.3) is 0 Å². The number of hydrogen-bond acceptors (Lipinski definition) is 3. The van der Waals surface area contributed by atoms with Crippen molar-refractivity contribution in [2.45, 2.75) is 62.6 Å². The highest BCUT2D eigenvalue weighted by molar-refractivity contribution is 5.09. The highest BCUT2D eigenvalue weighted by atomic mass is 15.2. The van der Waals surface area contributed by atoms with Crippen LogP contribution < -0.4 is 11.5 Å². The summed E-state index contributed by atoms with van der Waals surface area (Å²) in [5.74, 6) is 3.06. The van der Waals surface area contributed by atoms with E-state index in [-0.39, 0.29) is 0 Å². The van der Waals surface area contributed by atoms with Gasteiger partial charge in [-0.2, -0.15) is 0 Å². The number of nitrogens with zero attached hydrogens (tertiary/aromatic N) is 1. The first-order valence-corrected chi connectivity index (χ1v) is 7.89. The Hall–Kier alpha value is -0.120. The second-order valence-electron chi connectivity index (χ2n) is 7.80. The van der Waals surface area contributed by atoms with Gasteiger partial charge in [0.05, 0.1) is 0 Å². The van der Waals surface area contributed by atoms with Crippen molar-refractivity contribution in [1.82, 2.24) is 4.90 Å². The van der Waals surface area contributed by atoms with Gasteiger partial charge in [-0.3, -0.25) is 4.90 Å². The zero-order chi connectivity index (χ0) is 12.3. The van der Waals surface area contributed by atoms with Gasteiger partial charge in [0.1, 0.15) is 0 Å². The molecule has 18 heavy (non-hydrogen) atoms. The second kappa shape index (κ2) is 3.94. The molecule has 5 fully saturated rings. The van der Waals surface area contributed by atoms with Crippen LogP contribution in [0.5, 0.6) is 0 Å². The van der Waals surface area contributed by atoms with E-state index in [1.165, 1.54) is 38.5 Å². The van der Waals surface area contributed by atoms with E-state index in [1.54, 1.807) is 0 Å². The molecule has 4 N–H and O–H groups in total. The molecule has 4 saturated carbocycles. The lowest BCUT2D eigenvalue weighted by Gasteiger charge is -2.62. The third-order valence-corrected chi connectivity index (χ3v) is 6.19. The molecule has 0 spiro atoms. The van der Waals surface area contributed by atoms with Crippen LogP contribution in [0, 0.1) is 17.8 Å². The molecule has 3 nitrogen and oxygen atoms in total. The van der Waals surface area contributed by atoms with E-state index >= 15 is 0 Å². The second-order valence-corrected chi connectivity index (χ2v) is 7.80. The van der Waals surface area contributed by atoms with E-state index in [4.69, 9.17) is 11.5 Å². The summed E-state index contributed by atoms with van der Waals surface area (Å²) in [6, 6.07) is 0.614. The molecule has 4 bridgehead atoms. The lowest BCUT2D eigenvalue weighted by molar-refractivity contribution is -0.0983. The van der Waals surface area contributed by atoms with Gasteiger partial charge in [0.2, 0.25) is 0 Å². The fourth-order valence-electron chi connectivity index (χ4n) is 6.02. The molecule has 1 saturated heterocycles. The first-order chi connectivity index (χ1) is 8.63. The lowest BCUT2D eigenvalue weighted by atomic mass is 9.52. The summed E-state index contributed by atoms with van der Waals surface area (Å²) >= 11 is 0. The van der Waals surface area contributed by atoms with Gasteiger partial charge < -0.3 is 11.5 Å². The Bertz CT molecular complexity index is 295. The zero-order valence-electron chi connectivity index (χ0n) is 11.4. The van der Waals surface area contributed by atoms with Crippen LogP contribution in [0.3, 0.4) is 0 Å². The quantitative estimate of drug-likeness (QED) is 0.737. The molecule has 4 aliphatic carbocycles. The van der Waals surface area contributed by atoms with Crippen molar-refractivity contribution in [2.75, 3.05) is 13.1 Å². The van der Waals surface area contributed by atoms with Crippen molar-refractivity contribution in [3.63, 3.8) is 0 Å². The SMILES string of the molecule is NC1CC(N)CN(C23CC4CC(CC(C4)C2)C3)C1. The minimum absolute atomic E-state index is 0.307. The van der Waals surface area contributed by atoms with Gasteiger partial charge in [0.15, 0.2) is 0 Å². The molecule has 0 radical (unpaired) electrons. The fraction of sp³-hybridized carbons (Fsp3) is 1.00. The first-order valence-electron chi connectivity index (χ1n) is 7.89. The third-order valence-electron chi connectivity index (χ3n) is 6.19. The molecule has 3 heteroatoms. The maximum absolute atomic E-state index is 6.21. The summed E-state index contributed by atoms with van der Waals surface area (Å²) in [4.78, 5) is 2.72. The predicted octanol–water partition coefficient (Wildman–Crippen LogP) is 1.32. The Balaban J connectivity index is 1.59. The molecule has 1 heterocycles. The third kappa shape index (κ3) is 1.75. The molecule has 2 atom stereocenters. The van der Waals surface area contributed by atoms with Crippen molar-refractivity contribution >= 4 is 0 Å². The summed E-state index contributed by atoms with van der Waals surface area (Å²) in [5.41, 5.74) is 12.9. The van der Waals surface area contributed by atoms with Crippen LogP contribution in [0.15, 0.2) is 0 Å². The van der Waals surface area contributed by atoms with E-state index in [0.29, 0.717) is 17.6 Å². The Morgan fingerprint density at radius 2 is 1.17 bits per heavy atom. The molecular weight excluding hydrogens is 222 g/mol. The van der Waals surface area contributed by atoms with Crippen LogP contribution in [0.1, 0.15) is 44.9 Å². The Kier molecular flexibility index (Phi) is 2.56. The molecule has 5 aliphatic rings. The lowest BCUT2D eigenvalue weighted by Crippen LogP contribution is -2.66. The number of likely N-dealkylation sites (tertiary alicyclic amines) is 1. The van der Waals surface area contributed by atoms with Crippen LogP contribution in [-0.2, 0) is 0 Å². The molecular formula is C15H27N3. The predicted molar refractivity (Wildman–Crippen MR) is 73.0 cm³/mol. The standard InChI is InChI=1S/C15H27N3/c16-13-4-14(17)9-18(8-13)15-5-10-1-11(6-15)3-12(2-10)7-15/h10-14H,1-9,16-17H2. The fourth-order valence-corrected chi connectivity index (χ4v) is 6.02. The van der Waals surface area contributed by atoms with Gasteiger partial charge in [-0.05, 0) is 62.7 Å². The van der Waals surface area contributed by atoms with Crippen LogP contribution >= 0.6 is 0 Å². The average Bonchev–Trinajstić information content (AvgIpc) is 2.25. The number of rotatable bonds is 1. The maximum atomic E-state index is 6.21. The molecule has 5 rings (SSSR count). The molecule has 0 aromatic heterocycles. The van der Waals surface area contributed by atoms with Crippen molar-refractivity contribution in [3.05, 3.63) is 0 Å². The smallest absolute Gasteiger partial charge is 0.0218 e. The number of nitrogens with two attached hydrogens (primary N) is 2. The van der Waals surface area contributed by atoms with E-state index in [9.17, 15) is 0 Å². The minimum Gasteiger partial charge on any atom is -0.326 e. The average molecular weight is 249 g/mol. The van der Waals surface area contributed by atoms with Crippen molar-refractivity contribution in [2.24, 2.45) is 29.2 Å². The Morgan fingerprint density at radius 3 is 1.61 bits per heavy atom. The summed E-state index contributed by atoms with van der Waals surface area (Å²) in [7, 11) is 0. The maximum Gasteiger partial charge on any atom is 0.0218 e. The molecule has 0 amide bonds. The molecule has 102 valence electrons. The summed E-state index contributed by atoms with van der Waals surface area (Å²) < 4.78 is 0. The van der Waals surface area contributed by atoms with Crippen LogP contribution in [0.25, 0.3) is 0 Å². The highest BCUT2D eigenvalue weighted by Crippen LogP contribution is 2.58. The van der Waals surface area contributed by atoms with Gasteiger partial charge in [-0.25, -0.2) is 0 Å². The molecule has 0 aromatic rings. The van der Waals surface area contributed by atoms with Crippen molar-refractivity contribution < 1.29 is 0 Å². The van der Waals surface area contributed by atoms with Crippen LogP contribution in [0.2, 0.25) is 0 Å². The minimum atomic E-state index is 0.307. The topological polar surface area (TPSA) is 55.3 Å². The summed E-state index contributed by atoms with van der Waals surface area (Å²) in [5, 5.41) is 0. The largest absolute Gasteiger partial charge is 0.326 e. The van der Waals surface area contributed by atoms with E-state index in [0.717, 1.165) is 37.3 Å². The van der Waals surface area contributed by atoms with Crippen molar-refractivity contribution in [1.29, 1.82) is 0 Å². The molecule has 0 aromatic carbocycles. The monoisotopic (exact) mass is 249 g/mol. The van der Waals surface area contributed by atoms with Gasteiger partial charge in [0, 0.05) is 30.7 Å². The van der Waals surface area contributed by atoms with Crippen molar-refractivity contribution in [3.8, 4) is 0 Å². The van der Waals surface area contributed by atoms with E-state index in [1.807, 2.05) is 0 Å². The first kappa shape index (κ1) is 11.7. The molecule has 2 unspecified atom stereocenters. The van der Waals surface area contributed by atoms with Gasteiger partial charge >= 0.3 is 0 Å². The zero-order valence-corrected chi connectivity index (χ0v) is 11.4. The number of hydrogen-bond donors (Lipinski definition) is 2. The van der Waals surface area contributed by atoms with E-state index < -0.39 is 0 Å². The Labute approximate surface area is 110 Å². The Morgan fingerprint density at radius 1 is 0.722 bits per heavy atom. The number of piperidine rings is 1. The normalized spacial score (nSPS) is 56.0. The summed E-state index contributed by atoms with van der Waals surface area (Å²) in [6.07, 6.45) is 9.90. The molecule has 1 aliphatic heterocycles. The van der Waals surface area contributed by atoms with Crippen LogP contribution in [-0.4, -0.2) is 35.6 Å². The van der Waals surface area contributed by atoms with Gasteiger partial charge in [-0.15, -0.1) is 0 Å². The van der Waals surface area contributed by atoms with E-state index in [2.05, 4.69) is 4.90 Å².